The summed E-state index contributed by atoms with van der Waals surface area (Å²) in [7, 11) is 3.60. The molecule has 1 aliphatic carbocycles. The van der Waals surface area contributed by atoms with E-state index in [-0.39, 0.29) is 17.7 Å². The lowest BCUT2D eigenvalue weighted by atomic mass is 10.0. The van der Waals surface area contributed by atoms with E-state index in [1.54, 1.807) is 7.05 Å². The molecular formula is C26H37N3O2. The third kappa shape index (κ3) is 6.93. The van der Waals surface area contributed by atoms with Crippen LogP contribution in [0.1, 0.15) is 45.6 Å². The maximum absolute atomic E-state index is 12.6. The normalized spacial score (nSPS) is 17.6. The summed E-state index contributed by atoms with van der Waals surface area (Å²) in [5, 5.41) is 2.57. The number of anilines is 1. The Morgan fingerprint density at radius 3 is 2.48 bits per heavy atom. The van der Waals surface area contributed by atoms with E-state index in [0.29, 0.717) is 19.0 Å². The number of carbonyl (C=O) groups is 2. The molecule has 3 rings (SSSR count). The van der Waals surface area contributed by atoms with Crippen molar-refractivity contribution in [3.8, 4) is 0 Å². The second kappa shape index (κ2) is 11.7. The lowest BCUT2D eigenvalue weighted by Crippen LogP contribution is -2.33. The van der Waals surface area contributed by atoms with Crippen LogP contribution in [0.3, 0.4) is 0 Å². The van der Waals surface area contributed by atoms with E-state index < -0.39 is 0 Å². The van der Waals surface area contributed by atoms with E-state index >= 15 is 0 Å². The first-order chi connectivity index (χ1) is 14.8. The van der Waals surface area contributed by atoms with Gasteiger partial charge in [0, 0.05) is 19.3 Å². The van der Waals surface area contributed by atoms with Gasteiger partial charge in [0.2, 0.25) is 11.8 Å². The van der Waals surface area contributed by atoms with Gasteiger partial charge in [0.15, 0.2) is 0 Å². The fraction of sp³-hybridized carbons (Fsp3) is 0.462. The summed E-state index contributed by atoms with van der Waals surface area (Å²) in [4.78, 5) is 27.3. The molecule has 31 heavy (non-hydrogen) atoms. The molecular weight excluding hydrogens is 386 g/mol. The molecule has 1 atom stereocenters. The smallest absolute Gasteiger partial charge is 0.238 e. The van der Waals surface area contributed by atoms with E-state index in [1.807, 2.05) is 29.0 Å². The summed E-state index contributed by atoms with van der Waals surface area (Å²) in [6.45, 7) is 10.7. The van der Waals surface area contributed by atoms with Gasteiger partial charge in [-0.1, -0.05) is 62.8 Å². The van der Waals surface area contributed by atoms with Crippen molar-refractivity contribution in [3.05, 3.63) is 65.3 Å². The third-order valence-electron chi connectivity index (χ3n) is 5.55. The van der Waals surface area contributed by atoms with Gasteiger partial charge in [-0.2, -0.15) is 0 Å². The number of hydrogen-bond donors (Lipinski definition) is 1. The van der Waals surface area contributed by atoms with Crippen molar-refractivity contribution >= 4 is 17.5 Å². The number of hydrogen-bond acceptors (Lipinski definition) is 3. The Labute approximate surface area is 187 Å². The maximum atomic E-state index is 12.6. The average molecular weight is 424 g/mol. The second-order valence-electron chi connectivity index (χ2n) is 8.57. The number of carbonyl (C=O) groups excluding carboxylic acids is 2. The van der Waals surface area contributed by atoms with Gasteiger partial charge >= 0.3 is 0 Å². The van der Waals surface area contributed by atoms with Crippen LogP contribution in [0.2, 0.25) is 0 Å². The van der Waals surface area contributed by atoms with Crippen molar-refractivity contribution in [3.63, 3.8) is 0 Å². The monoisotopic (exact) mass is 423 g/mol. The van der Waals surface area contributed by atoms with Gasteiger partial charge in [-0.05, 0) is 56.1 Å². The van der Waals surface area contributed by atoms with Crippen LogP contribution in [0.25, 0.3) is 0 Å². The summed E-state index contributed by atoms with van der Waals surface area (Å²) >= 11 is 0. The van der Waals surface area contributed by atoms with Crippen LogP contribution in [0.15, 0.2) is 59.7 Å². The highest BCUT2D eigenvalue weighted by atomic mass is 16.2. The molecule has 1 N–H and O–H groups in total. The van der Waals surface area contributed by atoms with Gasteiger partial charge in [-0.3, -0.25) is 14.5 Å². The van der Waals surface area contributed by atoms with Crippen molar-refractivity contribution in [2.75, 3.05) is 38.6 Å². The molecule has 0 spiro atoms. The minimum absolute atomic E-state index is 0.0796. The molecule has 1 aliphatic heterocycles. The zero-order valence-electron chi connectivity index (χ0n) is 19.8. The number of likely N-dealkylation sites (N-methyl/N-ethyl adjacent to an activating group) is 2. The molecule has 1 aromatic rings. The number of benzene rings is 1. The highest BCUT2D eigenvalue weighted by molar-refractivity contribution is 6.02. The van der Waals surface area contributed by atoms with Gasteiger partial charge in [-0.25, -0.2) is 0 Å². The zero-order valence-corrected chi connectivity index (χ0v) is 19.8. The SMILES string of the molecule is CC1=CC=C2CN(c3ccc(C(C)C)cc3)C(=O)C2C=C1.CCCN(C)CC(=O)NC. The lowest BCUT2D eigenvalue weighted by Gasteiger charge is -2.17. The van der Waals surface area contributed by atoms with Gasteiger partial charge in [0.05, 0.1) is 12.5 Å². The lowest BCUT2D eigenvalue weighted by molar-refractivity contribution is -0.121. The molecule has 5 heteroatoms. The molecule has 0 saturated carbocycles. The first-order valence-corrected chi connectivity index (χ1v) is 11.1. The van der Waals surface area contributed by atoms with Crippen LogP contribution in [-0.4, -0.2) is 50.4 Å². The number of nitrogens with zero attached hydrogens (tertiary/aromatic N) is 2. The van der Waals surface area contributed by atoms with Gasteiger partial charge in [-0.15, -0.1) is 0 Å². The third-order valence-corrected chi connectivity index (χ3v) is 5.55. The van der Waals surface area contributed by atoms with Crippen molar-refractivity contribution in [2.24, 2.45) is 5.92 Å². The zero-order chi connectivity index (χ0) is 23.0. The van der Waals surface area contributed by atoms with Gasteiger partial charge in [0.1, 0.15) is 0 Å². The van der Waals surface area contributed by atoms with Crippen LogP contribution >= 0.6 is 0 Å². The first-order valence-electron chi connectivity index (χ1n) is 11.1. The molecule has 2 aliphatic rings. The Kier molecular flexibility index (Phi) is 9.25. The highest BCUT2D eigenvalue weighted by Crippen LogP contribution is 2.32. The fourth-order valence-electron chi connectivity index (χ4n) is 3.63. The molecule has 1 fully saturated rings. The standard InChI is InChI=1S/C19H21NO.C7H16N2O/c1-13(2)15-7-9-17(10-8-15)20-12-16-6-4-14(3)5-11-18(16)19(20)21;1-4-5-9(3)6-7(10)8-2/h4-11,13,18H,12H2,1-3H3;4-6H2,1-3H3,(H,8,10). The summed E-state index contributed by atoms with van der Waals surface area (Å²) in [5.74, 6) is 0.676. The Bertz CT molecular complexity index is 850. The van der Waals surface area contributed by atoms with Crippen LogP contribution in [-0.2, 0) is 9.59 Å². The van der Waals surface area contributed by atoms with E-state index in [0.717, 1.165) is 18.7 Å². The first kappa shape index (κ1) is 24.6. The van der Waals surface area contributed by atoms with Gasteiger partial charge in [0.25, 0.3) is 0 Å². The minimum Gasteiger partial charge on any atom is -0.358 e. The van der Waals surface area contributed by atoms with E-state index in [9.17, 15) is 9.59 Å². The average Bonchev–Trinajstić information content (AvgIpc) is 2.94. The van der Waals surface area contributed by atoms with Crippen LogP contribution in [0.5, 0.6) is 0 Å². The van der Waals surface area contributed by atoms with Crippen molar-refractivity contribution in [2.45, 2.75) is 40.0 Å². The van der Waals surface area contributed by atoms with Crippen LogP contribution in [0, 0.1) is 5.92 Å². The topological polar surface area (TPSA) is 52.7 Å². The molecule has 168 valence electrons. The van der Waals surface area contributed by atoms with Crippen LogP contribution in [0.4, 0.5) is 5.69 Å². The van der Waals surface area contributed by atoms with Gasteiger partial charge < -0.3 is 10.2 Å². The second-order valence-corrected chi connectivity index (χ2v) is 8.57. The predicted molar refractivity (Wildman–Crippen MR) is 129 cm³/mol. The minimum atomic E-state index is -0.0940. The molecule has 0 bridgehead atoms. The summed E-state index contributed by atoms with van der Waals surface area (Å²) < 4.78 is 0. The summed E-state index contributed by atoms with van der Waals surface area (Å²) in [5.41, 5.74) is 4.67. The Balaban J connectivity index is 0.000000291. The molecule has 1 saturated heterocycles. The largest absolute Gasteiger partial charge is 0.358 e. The molecule has 1 heterocycles. The molecule has 5 nitrogen and oxygen atoms in total. The number of allylic oxidation sites excluding steroid dienone is 4. The molecule has 1 aromatic carbocycles. The number of amides is 2. The summed E-state index contributed by atoms with van der Waals surface area (Å²) in [6.07, 6.45) is 9.34. The Morgan fingerprint density at radius 1 is 1.23 bits per heavy atom. The quantitative estimate of drug-likeness (QED) is 0.743. The number of fused-ring (bicyclic) bond motifs is 1. The Morgan fingerprint density at radius 2 is 1.90 bits per heavy atom. The molecule has 0 radical (unpaired) electrons. The van der Waals surface area contributed by atoms with E-state index in [2.05, 4.69) is 69.4 Å². The molecule has 2 amide bonds. The molecule has 0 aromatic heterocycles. The van der Waals surface area contributed by atoms with E-state index in [4.69, 9.17) is 0 Å². The van der Waals surface area contributed by atoms with Crippen molar-refractivity contribution < 1.29 is 9.59 Å². The fourth-order valence-corrected chi connectivity index (χ4v) is 3.63. The van der Waals surface area contributed by atoms with Crippen molar-refractivity contribution in [1.82, 2.24) is 10.2 Å². The highest BCUT2D eigenvalue weighted by Gasteiger charge is 2.35. The Hall–Kier alpha value is -2.66. The number of nitrogens with one attached hydrogen (secondary N) is 1. The maximum Gasteiger partial charge on any atom is 0.238 e. The van der Waals surface area contributed by atoms with E-state index in [1.165, 1.54) is 16.7 Å². The molecule has 1 unspecified atom stereocenters. The predicted octanol–water partition coefficient (Wildman–Crippen LogP) is 4.29. The summed E-state index contributed by atoms with van der Waals surface area (Å²) in [6, 6.07) is 8.36. The van der Waals surface area contributed by atoms with Crippen LogP contribution < -0.4 is 10.2 Å². The number of rotatable bonds is 6. The van der Waals surface area contributed by atoms with Crippen molar-refractivity contribution in [1.29, 1.82) is 0 Å².